The van der Waals surface area contributed by atoms with Gasteiger partial charge >= 0.3 is 0 Å². The van der Waals surface area contributed by atoms with Crippen molar-refractivity contribution >= 4 is 35.0 Å². The van der Waals surface area contributed by atoms with Crippen molar-refractivity contribution in [3.63, 3.8) is 0 Å². The number of amides is 2. The maximum absolute atomic E-state index is 12.4. The zero-order valence-corrected chi connectivity index (χ0v) is 17.5. The summed E-state index contributed by atoms with van der Waals surface area (Å²) in [7, 11) is 1.58. The Bertz CT molecular complexity index is 1100. The molecule has 1 aliphatic rings. The summed E-state index contributed by atoms with van der Waals surface area (Å²) in [4.78, 5) is 25.6. The zero-order chi connectivity index (χ0) is 21.6. The van der Waals surface area contributed by atoms with Crippen LogP contribution < -0.4 is 24.8 Å². The predicted octanol–water partition coefficient (Wildman–Crippen LogP) is 4.41. The monoisotopic (exact) mass is 436 g/mol. The van der Waals surface area contributed by atoms with Gasteiger partial charge in [0, 0.05) is 27.9 Å². The van der Waals surface area contributed by atoms with Gasteiger partial charge in [0.25, 0.3) is 5.91 Å². The van der Waals surface area contributed by atoms with Crippen LogP contribution in [-0.4, -0.2) is 31.5 Å². The lowest BCUT2D eigenvalue weighted by Crippen LogP contribution is -2.14. The van der Waals surface area contributed by atoms with Gasteiger partial charge in [0.15, 0.2) is 11.5 Å². The molecule has 0 spiro atoms. The molecular formula is C23H20N2O5S. The number of carbonyl (C=O) groups excluding carboxylic acids is 2. The van der Waals surface area contributed by atoms with E-state index in [1.165, 1.54) is 11.8 Å². The molecule has 2 amide bonds. The highest BCUT2D eigenvalue weighted by atomic mass is 32.2. The van der Waals surface area contributed by atoms with Crippen LogP contribution in [0.2, 0.25) is 0 Å². The number of anilines is 2. The SMILES string of the molecule is COc1ccc(C(=O)Nc2cccc(SCC(=O)Nc3ccc4c(c3)OCO4)c2)cc1. The van der Waals surface area contributed by atoms with Crippen molar-refractivity contribution in [1.29, 1.82) is 0 Å². The predicted molar refractivity (Wildman–Crippen MR) is 119 cm³/mol. The van der Waals surface area contributed by atoms with Crippen LogP contribution in [0.5, 0.6) is 17.2 Å². The van der Waals surface area contributed by atoms with Crippen molar-refractivity contribution in [3.8, 4) is 17.2 Å². The first-order valence-electron chi connectivity index (χ1n) is 9.48. The largest absolute Gasteiger partial charge is 0.497 e. The molecule has 2 N–H and O–H groups in total. The molecule has 1 heterocycles. The van der Waals surface area contributed by atoms with Crippen LogP contribution in [0.25, 0.3) is 0 Å². The van der Waals surface area contributed by atoms with E-state index < -0.39 is 0 Å². The standard InChI is InChI=1S/C23H20N2O5S/c1-28-18-8-5-15(6-9-18)23(27)25-16-3-2-4-19(11-16)31-13-22(26)24-17-7-10-20-21(12-17)30-14-29-20/h2-12H,13-14H2,1H3,(H,24,26)(H,25,27). The number of benzene rings is 3. The Morgan fingerprint density at radius 2 is 1.71 bits per heavy atom. The Morgan fingerprint density at radius 1 is 0.935 bits per heavy atom. The zero-order valence-electron chi connectivity index (χ0n) is 16.7. The third-order valence-corrected chi connectivity index (χ3v) is 5.46. The summed E-state index contributed by atoms with van der Waals surface area (Å²) < 4.78 is 15.7. The third kappa shape index (κ3) is 5.29. The second-order valence-electron chi connectivity index (χ2n) is 6.62. The van der Waals surface area contributed by atoms with E-state index >= 15 is 0 Å². The van der Waals surface area contributed by atoms with E-state index in [0.29, 0.717) is 34.2 Å². The molecule has 1 aliphatic heterocycles. The molecule has 0 aliphatic carbocycles. The van der Waals surface area contributed by atoms with Gasteiger partial charge in [0.05, 0.1) is 12.9 Å². The van der Waals surface area contributed by atoms with Crippen LogP contribution in [0.3, 0.4) is 0 Å². The lowest BCUT2D eigenvalue weighted by atomic mass is 10.2. The highest BCUT2D eigenvalue weighted by Crippen LogP contribution is 2.34. The Kier molecular flexibility index (Phi) is 6.28. The Labute approximate surface area is 183 Å². The van der Waals surface area contributed by atoms with Crippen molar-refractivity contribution < 1.29 is 23.8 Å². The quantitative estimate of drug-likeness (QED) is 0.534. The lowest BCUT2D eigenvalue weighted by Gasteiger charge is -2.09. The summed E-state index contributed by atoms with van der Waals surface area (Å²) in [5, 5.41) is 5.71. The Balaban J connectivity index is 1.31. The molecule has 31 heavy (non-hydrogen) atoms. The van der Waals surface area contributed by atoms with E-state index in [-0.39, 0.29) is 24.4 Å². The molecule has 0 saturated carbocycles. The highest BCUT2D eigenvalue weighted by molar-refractivity contribution is 8.00. The van der Waals surface area contributed by atoms with E-state index in [1.807, 2.05) is 18.2 Å². The number of hydrogen-bond acceptors (Lipinski definition) is 6. The molecule has 3 aromatic rings. The minimum absolute atomic E-state index is 0.142. The maximum Gasteiger partial charge on any atom is 0.255 e. The normalized spacial score (nSPS) is 11.6. The molecule has 0 radical (unpaired) electrons. The third-order valence-electron chi connectivity index (χ3n) is 4.47. The number of methoxy groups -OCH3 is 1. The Hall–Kier alpha value is -3.65. The average Bonchev–Trinajstić information content (AvgIpc) is 3.26. The van der Waals surface area contributed by atoms with Crippen molar-refractivity contribution in [3.05, 3.63) is 72.3 Å². The van der Waals surface area contributed by atoms with Crippen LogP contribution in [0.1, 0.15) is 10.4 Å². The minimum Gasteiger partial charge on any atom is -0.497 e. The number of nitrogens with one attached hydrogen (secondary N) is 2. The second kappa shape index (κ2) is 9.44. The summed E-state index contributed by atoms with van der Waals surface area (Å²) in [6, 6.07) is 19.5. The van der Waals surface area contributed by atoms with Gasteiger partial charge in [-0.05, 0) is 54.6 Å². The number of rotatable bonds is 7. The van der Waals surface area contributed by atoms with Gasteiger partial charge < -0.3 is 24.8 Å². The first-order chi connectivity index (χ1) is 15.1. The lowest BCUT2D eigenvalue weighted by molar-refractivity contribution is -0.113. The van der Waals surface area contributed by atoms with Gasteiger partial charge in [0.1, 0.15) is 5.75 Å². The summed E-state index contributed by atoms with van der Waals surface area (Å²) in [6.45, 7) is 0.188. The topological polar surface area (TPSA) is 85.9 Å². The molecule has 0 saturated heterocycles. The van der Waals surface area contributed by atoms with Gasteiger partial charge in [-0.25, -0.2) is 0 Å². The van der Waals surface area contributed by atoms with Crippen LogP contribution in [0, 0.1) is 0 Å². The first-order valence-corrected chi connectivity index (χ1v) is 10.5. The number of carbonyl (C=O) groups is 2. The van der Waals surface area contributed by atoms with Crippen molar-refractivity contribution in [2.45, 2.75) is 4.90 Å². The molecule has 7 nitrogen and oxygen atoms in total. The summed E-state index contributed by atoms with van der Waals surface area (Å²) in [6.07, 6.45) is 0. The number of ether oxygens (including phenoxy) is 3. The molecule has 0 atom stereocenters. The minimum atomic E-state index is -0.217. The summed E-state index contributed by atoms with van der Waals surface area (Å²) in [5.41, 5.74) is 1.83. The van der Waals surface area contributed by atoms with E-state index in [9.17, 15) is 9.59 Å². The average molecular weight is 436 g/mol. The smallest absolute Gasteiger partial charge is 0.255 e. The maximum atomic E-state index is 12.4. The van der Waals surface area contributed by atoms with Gasteiger partial charge in [0.2, 0.25) is 12.7 Å². The van der Waals surface area contributed by atoms with Gasteiger partial charge in [-0.1, -0.05) is 6.07 Å². The molecule has 8 heteroatoms. The van der Waals surface area contributed by atoms with E-state index in [4.69, 9.17) is 14.2 Å². The first kappa shape index (κ1) is 20.6. The molecule has 0 bridgehead atoms. The molecule has 0 fully saturated rings. The van der Waals surface area contributed by atoms with Crippen LogP contribution in [0.15, 0.2) is 71.6 Å². The fourth-order valence-electron chi connectivity index (χ4n) is 2.93. The van der Waals surface area contributed by atoms with E-state index in [2.05, 4.69) is 10.6 Å². The molecule has 4 rings (SSSR count). The van der Waals surface area contributed by atoms with E-state index in [0.717, 1.165) is 4.90 Å². The van der Waals surface area contributed by atoms with Crippen LogP contribution in [-0.2, 0) is 4.79 Å². The molecular weight excluding hydrogens is 416 g/mol. The van der Waals surface area contributed by atoms with Crippen molar-refractivity contribution in [2.24, 2.45) is 0 Å². The van der Waals surface area contributed by atoms with Crippen LogP contribution >= 0.6 is 11.8 Å². The molecule has 3 aromatic carbocycles. The fraction of sp³-hybridized carbons (Fsp3) is 0.130. The van der Waals surface area contributed by atoms with Crippen LogP contribution in [0.4, 0.5) is 11.4 Å². The molecule has 0 unspecified atom stereocenters. The Morgan fingerprint density at radius 3 is 2.52 bits per heavy atom. The molecule has 0 aromatic heterocycles. The molecule has 158 valence electrons. The van der Waals surface area contributed by atoms with Gasteiger partial charge in [-0.15, -0.1) is 11.8 Å². The fourth-order valence-corrected chi connectivity index (χ4v) is 3.68. The van der Waals surface area contributed by atoms with Crippen molar-refractivity contribution in [2.75, 3.05) is 30.3 Å². The summed E-state index contributed by atoms with van der Waals surface area (Å²) >= 11 is 1.38. The number of thioether (sulfide) groups is 1. The van der Waals surface area contributed by atoms with E-state index in [1.54, 1.807) is 55.6 Å². The second-order valence-corrected chi connectivity index (χ2v) is 7.66. The summed E-state index contributed by atoms with van der Waals surface area (Å²) in [5.74, 6) is 1.84. The number of hydrogen-bond donors (Lipinski definition) is 2. The van der Waals surface area contributed by atoms with Crippen molar-refractivity contribution in [1.82, 2.24) is 0 Å². The van der Waals surface area contributed by atoms with Gasteiger partial charge in [-0.2, -0.15) is 0 Å². The number of fused-ring (bicyclic) bond motifs is 1. The van der Waals surface area contributed by atoms with Gasteiger partial charge in [-0.3, -0.25) is 9.59 Å². The highest BCUT2D eigenvalue weighted by Gasteiger charge is 2.14.